The molecule has 0 bridgehead atoms. The number of thiazole rings is 1. The summed E-state index contributed by atoms with van der Waals surface area (Å²) in [7, 11) is 0. The van der Waals surface area contributed by atoms with Crippen molar-refractivity contribution in [1.82, 2.24) is 9.88 Å². The molecule has 2 rings (SSSR count). The van der Waals surface area contributed by atoms with Crippen molar-refractivity contribution >= 4 is 17.3 Å². The van der Waals surface area contributed by atoms with Crippen molar-refractivity contribution < 1.29 is 9.90 Å². The first-order valence-electron chi connectivity index (χ1n) is 6.37. The van der Waals surface area contributed by atoms with Crippen LogP contribution in [0.4, 0.5) is 0 Å². The van der Waals surface area contributed by atoms with Gasteiger partial charge in [0.2, 0.25) is 0 Å². The van der Waals surface area contributed by atoms with Gasteiger partial charge in [-0.15, -0.1) is 11.3 Å². The quantitative estimate of drug-likeness (QED) is 0.915. The number of hydrogen-bond acceptors (Lipinski definition) is 4. The van der Waals surface area contributed by atoms with Crippen LogP contribution in [-0.2, 0) is 11.3 Å². The summed E-state index contributed by atoms with van der Waals surface area (Å²) in [5.74, 6) is -0.813. The number of hydrogen-bond donors (Lipinski definition) is 1. The van der Waals surface area contributed by atoms with Crippen molar-refractivity contribution in [2.24, 2.45) is 5.92 Å². The molecular formula is C13H20N2O2S. The van der Waals surface area contributed by atoms with E-state index in [2.05, 4.69) is 16.8 Å². The smallest absolute Gasteiger partial charge is 0.306 e. The molecule has 1 aromatic heterocycles. The first-order chi connectivity index (χ1) is 8.47. The van der Waals surface area contributed by atoms with Gasteiger partial charge in [0.1, 0.15) is 0 Å². The molecular weight excluding hydrogens is 248 g/mol. The van der Waals surface area contributed by atoms with Gasteiger partial charge in [-0.1, -0.05) is 0 Å². The Bertz CT molecular complexity index is 444. The van der Waals surface area contributed by atoms with Crippen molar-refractivity contribution in [3.8, 4) is 0 Å². The predicted molar refractivity (Wildman–Crippen MR) is 71.8 cm³/mol. The highest BCUT2D eigenvalue weighted by atomic mass is 32.1. The van der Waals surface area contributed by atoms with E-state index in [4.69, 9.17) is 5.11 Å². The largest absolute Gasteiger partial charge is 0.481 e. The number of piperidine rings is 1. The topological polar surface area (TPSA) is 53.4 Å². The van der Waals surface area contributed by atoms with Crippen molar-refractivity contribution in [1.29, 1.82) is 0 Å². The second kappa shape index (κ2) is 5.36. The Balaban J connectivity index is 1.99. The number of rotatable bonds is 3. The zero-order valence-electron chi connectivity index (χ0n) is 11.1. The number of nitrogens with zero attached hydrogens (tertiary/aromatic N) is 2. The molecule has 0 aromatic carbocycles. The normalized spacial score (nSPS) is 25.3. The summed E-state index contributed by atoms with van der Waals surface area (Å²) in [6, 6.07) is 0.335. The minimum Gasteiger partial charge on any atom is -0.481 e. The van der Waals surface area contributed by atoms with E-state index in [1.54, 1.807) is 11.3 Å². The summed E-state index contributed by atoms with van der Waals surface area (Å²) in [6.45, 7) is 7.98. The maximum atomic E-state index is 11.0. The summed E-state index contributed by atoms with van der Waals surface area (Å²) < 4.78 is 0. The van der Waals surface area contributed by atoms with Gasteiger partial charge in [-0.25, -0.2) is 4.98 Å². The number of aromatic nitrogens is 1. The molecule has 100 valence electrons. The van der Waals surface area contributed by atoms with E-state index in [0.717, 1.165) is 36.6 Å². The van der Waals surface area contributed by atoms with Crippen LogP contribution in [-0.4, -0.2) is 33.5 Å². The lowest BCUT2D eigenvalue weighted by Crippen LogP contribution is -2.42. The van der Waals surface area contributed by atoms with E-state index >= 15 is 0 Å². The highest BCUT2D eigenvalue weighted by Gasteiger charge is 2.30. The fourth-order valence-electron chi connectivity index (χ4n) is 2.58. The number of aryl methyl sites for hydroxylation is 2. The Kier molecular flexibility index (Phi) is 4.02. The molecule has 0 radical (unpaired) electrons. The lowest BCUT2D eigenvalue weighted by Gasteiger charge is -2.35. The Morgan fingerprint density at radius 1 is 1.56 bits per heavy atom. The summed E-state index contributed by atoms with van der Waals surface area (Å²) in [5, 5.41) is 10.2. The third-order valence-corrected chi connectivity index (χ3v) is 4.77. The van der Waals surface area contributed by atoms with Crippen molar-refractivity contribution in [3.05, 3.63) is 15.6 Å². The number of carbonyl (C=O) groups is 1. The molecule has 0 spiro atoms. The molecule has 1 aromatic rings. The molecule has 0 amide bonds. The summed E-state index contributed by atoms with van der Waals surface area (Å²) in [6.07, 6.45) is 1.52. The first-order valence-corrected chi connectivity index (χ1v) is 7.18. The van der Waals surface area contributed by atoms with Crippen molar-refractivity contribution in [2.75, 3.05) is 6.54 Å². The van der Waals surface area contributed by atoms with Crippen LogP contribution >= 0.6 is 11.3 Å². The molecule has 4 nitrogen and oxygen atoms in total. The molecule has 0 aliphatic carbocycles. The Morgan fingerprint density at radius 3 is 2.78 bits per heavy atom. The first kappa shape index (κ1) is 13.5. The van der Waals surface area contributed by atoms with Gasteiger partial charge in [0.25, 0.3) is 0 Å². The molecule has 2 unspecified atom stereocenters. The second-order valence-corrected chi connectivity index (χ2v) is 6.41. The zero-order valence-corrected chi connectivity index (χ0v) is 12.0. The molecule has 1 fully saturated rings. The maximum Gasteiger partial charge on any atom is 0.306 e. The Morgan fingerprint density at radius 2 is 2.28 bits per heavy atom. The van der Waals surface area contributed by atoms with Gasteiger partial charge < -0.3 is 5.11 Å². The van der Waals surface area contributed by atoms with E-state index in [-0.39, 0.29) is 5.92 Å². The third kappa shape index (κ3) is 2.90. The molecule has 1 N–H and O–H groups in total. The van der Waals surface area contributed by atoms with E-state index in [0.29, 0.717) is 6.04 Å². The standard InChI is InChI=1S/C13H20N2O2S/c1-8-6-11(13(16)17)4-5-15(8)7-12-9(2)14-10(3)18-12/h8,11H,4-7H2,1-3H3,(H,16,17). The number of likely N-dealkylation sites (tertiary alicyclic amines) is 1. The molecule has 2 atom stereocenters. The maximum absolute atomic E-state index is 11.0. The molecule has 18 heavy (non-hydrogen) atoms. The van der Waals surface area contributed by atoms with Gasteiger partial charge in [-0.05, 0) is 40.2 Å². The summed E-state index contributed by atoms with van der Waals surface area (Å²) in [4.78, 5) is 19.1. The molecule has 0 saturated carbocycles. The van der Waals surface area contributed by atoms with Crippen LogP contribution in [0.5, 0.6) is 0 Å². The van der Waals surface area contributed by atoms with E-state index < -0.39 is 5.97 Å². The van der Waals surface area contributed by atoms with E-state index in [1.165, 1.54) is 4.88 Å². The van der Waals surface area contributed by atoms with Gasteiger partial charge in [-0.2, -0.15) is 0 Å². The summed E-state index contributed by atoms with van der Waals surface area (Å²) in [5.41, 5.74) is 1.12. The van der Waals surface area contributed by atoms with E-state index in [9.17, 15) is 4.79 Å². The molecule has 1 saturated heterocycles. The van der Waals surface area contributed by atoms with Crippen LogP contribution in [0, 0.1) is 19.8 Å². The Labute approximate surface area is 112 Å². The molecule has 2 heterocycles. The number of aliphatic carboxylic acids is 1. The highest BCUT2D eigenvalue weighted by Crippen LogP contribution is 2.27. The average Bonchev–Trinajstić information content (AvgIpc) is 2.60. The average molecular weight is 268 g/mol. The van der Waals surface area contributed by atoms with Crippen LogP contribution in [0.2, 0.25) is 0 Å². The molecule has 1 aliphatic rings. The second-order valence-electron chi connectivity index (χ2n) is 5.12. The zero-order chi connectivity index (χ0) is 13.3. The van der Waals surface area contributed by atoms with Gasteiger partial charge in [-0.3, -0.25) is 9.69 Å². The fraction of sp³-hybridized carbons (Fsp3) is 0.692. The Hall–Kier alpha value is -0.940. The number of carboxylic acids is 1. The van der Waals surface area contributed by atoms with Crippen LogP contribution < -0.4 is 0 Å². The van der Waals surface area contributed by atoms with Crippen LogP contribution in [0.15, 0.2) is 0 Å². The lowest BCUT2D eigenvalue weighted by molar-refractivity contribution is -0.144. The van der Waals surface area contributed by atoms with Gasteiger partial charge >= 0.3 is 5.97 Å². The highest BCUT2D eigenvalue weighted by molar-refractivity contribution is 7.11. The fourth-order valence-corrected chi connectivity index (χ4v) is 3.55. The minimum atomic E-state index is -0.647. The van der Waals surface area contributed by atoms with Crippen LogP contribution in [0.1, 0.15) is 35.3 Å². The van der Waals surface area contributed by atoms with Crippen LogP contribution in [0.25, 0.3) is 0 Å². The lowest BCUT2D eigenvalue weighted by atomic mass is 9.92. The van der Waals surface area contributed by atoms with Crippen molar-refractivity contribution in [2.45, 2.75) is 46.2 Å². The molecule has 5 heteroatoms. The van der Waals surface area contributed by atoms with Crippen LogP contribution in [0.3, 0.4) is 0 Å². The minimum absolute atomic E-state index is 0.166. The monoisotopic (exact) mass is 268 g/mol. The van der Waals surface area contributed by atoms with Crippen molar-refractivity contribution in [3.63, 3.8) is 0 Å². The van der Waals surface area contributed by atoms with E-state index in [1.807, 2.05) is 13.8 Å². The third-order valence-electron chi connectivity index (χ3n) is 3.71. The summed E-state index contributed by atoms with van der Waals surface area (Å²) >= 11 is 1.75. The SMILES string of the molecule is Cc1nc(C)c(CN2CCC(C(=O)O)CC2C)s1. The van der Waals surface area contributed by atoms with Gasteiger partial charge in [0.05, 0.1) is 16.6 Å². The van der Waals surface area contributed by atoms with Gasteiger partial charge in [0.15, 0.2) is 0 Å². The predicted octanol–water partition coefficient (Wildman–Crippen LogP) is 2.45. The van der Waals surface area contributed by atoms with Gasteiger partial charge in [0, 0.05) is 17.5 Å². The molecule has 1 aliphatic heterocycles. The number of carboxylic acid groups (broad SMARTS) is 1.